The smallest absolute Gasteiger partial charge is 0.192 e. The second-order valence-electron chi connectivity index (χ2n) is 17.3. The van der Waals surface area contributed by atoms with Crippen LogP contribution in [0.4, 0.5) is 0 Å². The molecule has 0 aromatic carbocycles. The van der Waals surface area contributed by atoms with Gasteiger partial charge in [0.05, 0.1) is 12.2 Å². The van der Waals surface area contributed by atoms with Gasteiger partial charge in [0.1, 0.15) is 0 Å². The fourth-order valence-electron chi connectivity index (χ4n) is 3.83. The van der Waals surface area contributed by atoms with E-state index in [1.807, 2.05) is 0 Å². The van der Waals surface area contributed by atoms with Crippen molar-refractivity contribution in [1.82, 2.24) is 0 Å². The third-order valence-corrected chi connectivity index (χ3v) is 23.7. The summed E-state index contributed by atoms with van der Waals surface area (Å²) in [4.78, 5) is 0. The minimum Gasteiger partial charge on any atom is -0.417 e. The molecule has 0 saturated carbocycles. The lowest BCUT2D eigenvalue weighted by Crippen LogP contribution is -2.43. The van der Waals surface area contributed by atoms with Crippen molar-refractivity contribution >= 4 is 25.0 Å². The lowest BCUT2D eigenvalue weighted by molar-refractivity contribution is 0.204. The van der Waals surface area contributed by atoms with E-state index in [0.29, 0.717) is 0 Å². The van der Waals surface area contributed by atoms with Crippen LogP contribution < -0.4 is 0 Å². The van der Waals surface area contributed by atoms with Gasteiger partial charge in [-0.25, -0.2) is 0 Å². The first kappa shape index (κ1) is 43.5. The van der Waals surface area contributed by atoms with Crippen molar-refractivity contribution in [3.8, 4) is 0 Å². The summed E-state index contributed by atoms with van der Waals surface area (Å²) in [5, 5.41) is 0.636. The van der Waals surface area contributed by atoms with E-state index in [1.165, 1.54) is 19.3 Å². The standard InChI is InChI=1S/C38H76O3Si3/c1-17-18-19-20-21-24-29-34(40-43(13,14)37(5,6)7)30-25-22-23-26-31-35(41-44(15,16)38(8,9)10)32-27-28-33-39-42(11,12)36(2,3)4/h21-26,30-31,34-35H,17-20,27-29,32-33H2,1-16H3/b23-22+,24-21-,30-25+,31-26-/t34-,35-/m1/s1. The highest BCUT2D eigenvalue weighted by atomic mass is 28.4. The predicted molar refractivity (Wildman–Crippen MR) is 206 cm³/mol. The van der Waals surface area contributed by atoms with Crippen LogP contribution >= 0.6 is 0 Å². The summed E-state index contributed by atoms with van der Waals surface area (Å²) in [6.45, 7) is 38.0. The Hall–Kier alpha value is -0.509. The number of allylic oxidation sites excluding steroid dienone is 5. The minimum absolute atomic E-state index is 0.107. The first-order valence-electron chi connectivity index (χ1n) is 17.6. The third-order valence-electron chi connectivity index (χ3n) is 10.2. The normalized spacial score (nSPS) is 16.3. The molecule has 0 aliphatic heterocycles. The first-order valence-corrected chi connectivity index (χ1v) is 26.4. The summed E-state index contributed by atoms with van der Waals surface area (Å²) in [7, 11) is -5.43. The van der Waals surface area contributed by atoms with Crippen molar-refractivity contribution in [2.24, 2.45) is 0 Å². The van der Waals surface area contributed by atoms with E-state index in [-0.39, 0.29) is 27.3 Å². The topological polar surface area (TPSA) is 27.7 Å². The van der Waals surface area contributed by atoms with E-state index in [0.717, 1.165) is 38.7 Å². The quantitative estimate of drug-likeness (QED) is 0.0561. The third kappa shape index (κ3) is 17.4. The maximum absolute atomic E-state index is 6.86. The van der Waals surface area contributed by atoms with Gasteiger partial charge in [0.15, 0.2) is 25.0 Å². The molecule has 0 unspecified atom stereocenters. The molecular formula is C38H76O3Si3. The van der Waals surface area contributed by atoms with E-state index in [2.05, 4.69) is 157 Å². The van der Waals surface area contributed by atoms with E-state index < -0.39 is 25.0 Å². The lowest BCUT2D eigenvalue weighted by atomic mass is 10.1. The zero-order chi connectivity index (χ0) is 34.3. The molecule has 0 aliphatic carbocycles. The Morgan fingerprint density at radius 2 is 1.02 bits per heavy atom. The summed E-state index contributed by atoms with van der Waals surface area (Å²) >= 11 is 0. The van der Waals surface area contributed by atoms with Crippen LogP contribution in [-0.4, -0.2) is 43.8 Å². The summed E-state index contributed by atoms with van der Waals surface area (Å²) in [5.74, 6) is 0. The van der Waals surface area contributed by atoms with Crippen LogP contribution in [-0.2, 0) is 13.3 Å². The Labute approximate surface area is 279 Å². The highest BCUT2D eigenvalue weighted by Gasteiger charge is 2.40. The predicted octanol–water partition coefficient (Wildman–Crippen LogP) is 13.2. The van der Waals surface area contributed by atoms with Crippen molar-refractivity contribution in [2.75, 3.05) is 6.61 Å². The van der Waals surface area contributed by atoms with Crippen LogP contribution in [0.25, 0.3) is 0 Å². The Kier molecular flexibility index (Phi) is 19.1. The van der Waals surface area contributed by atoms with E-state index in [1.54, 1.807) is 0 Å². The summed E-state index contributed by atoms with van der Waals surface area (Å²) in [5.41, 5.74) is 0. The molecule has 0 aromatic heterocycles. The molecule has 0 N–H and O–H groups in total. The lowest BCUT2D eigenvalue weighted by Gasteiger charge is -2.39. The van der Waals surface area contributed by atoms with Gasteiger partial charge < -0.3 is 13.3 Å². The second kappa shape index (κ2) is 19.3. The number of hydrogen-bond acceptors (Lipinski definition) is 3. The average molecular weight is 665 g/mol. The van der Waals surface area contributed by atoms with Gasteiger partial charge >= 0.3 is 0 Å². The van der Waals surface area contributed by atoms with Crippen molar-refractivity contribution in [2.45, 2.75) is 187 Å². The number of rotatable bonds is 20. The molecule has 0 amide bonds. The van der Waals surface area contributed by atoms with Gasteiger partial charge in [-0.1, -0.05) is 131 Å². The van der Waals surface area contributed by atoms with Crippen molar-refractivity contribution in [3.05, 3.63) is 48.6 Å². The maximum Gasteiger partial charge on any atom is 0.192 e. The van der Waals surface area contributed by atoms with Crippen molar-refractivity contribution in [1.29, 1.82) is 0 Å². The molecule has 2 atom stereocenters. The van der Waals surface area contributed by atoms with Crippen molar-refractivity contribution < 1.29 is 13.3 Å². The van der Waals surface area contributed by atoms with Gasteiger partial charge in [-0.15, -0.1) is 0 Å². The van der Waals surface area contributed by atoms with Gasteiger partial charge in [0, 0.05) is 6.61 Å². The van der Waals surface area contributed by atoms with Crippen LogP contribution in [0, 0.1) is 0 Å². The number of hydrogen-bond donors (Lipinski definition) is 0. The van der Waals surface area contributed by atoms with Crippen molar-refractivity contribution in [3.63, 3.8) is 0 Å². The Balaban J connectivity index is 5.44. The molecular weight excluding hydrogens is 589 g/mol. The molecule has 0 radical (unpaired) electrons. The molecule has 44 heavy (non-hydrogen) atoms. The Morgan fingerprint density at radius 3 is 1.50 bits per heavy atom. The van der Waals surface area contributed by atoms with Crippen LogP contribution in [0.1, 0.15) is 121 Å². The zero-order valence-corrected chi connectivity index (χ0v) is 35.4. The molecule has 6 heteroatoms. The molecule has 0 aromatic rings. The zero-order valence-electron chi connectivity index (χ0n) is 32.4. The Morgan fingerprint density at radius 1 is 0.545 bits per heavy atom. The molecule has 0 aliphatic rings. The van der Waals surface area contributed by atoms with Gasteiger partial charge in [-0.2, -0.15) is 0 Å². The van der Waals surface area contributed by atoms with E-state index >= 15 is 0 Å². The summed E-state index contributed by atoms with van der Waals surface area (Å²) in [6.07, 6.45) is 27.2. The average Bonchev–Trinajstić information content (AvgIpc) is 2.85. The van der Waals surface area contributed by atoms with E-state index in [9.17, 15) is 0 Å². The highest BCUT2D eigenvalue weighted by molar-refractivity contribution is 6.75. The Bertz CT molecular complexity index is 894. The molecule has 0 heterocycles. The van der Waals surface area contributed by atoms with Crippen LogP contribution in [0.15, 0.2) is 48.6 Å². The minimum atomic E-state index is -1.88. The van der Waals surface area contributed by atoms with Gasteiger partial charge in [0.2, 0.25) is 0 Å². The van der Waals surface area contributed by atoms with Crippen LogP contribution in [0.3, 0.4) is 0 Å². The molecule has 0 rings (SSSR count). The largest absolute Gasteiger partial charge is 0.417 e. The fraction of sp³-hybridized carbons (Fsp3) is 0.789. The number of unbranched alkanes of at least 4 members (excludes halogenated alkanes) is 4. The maximum atomic E-state index is 6.86. The van der Waals surface area contributed by atoms with Crippen LogP contribution in [0.5, 0.6) is 0 Å². The molecule has 0 spiro atoms. The molecule has 0 bridgehead atoms. The fourth-order valence-corrected chi connectivity index (χ4v) is 7.51. The molecule has 3 nitrogen and oxygen atoms in total. The summed E-state index contributed by atoms with van der Waals surface area (Å²) in [6, 6.07) is 0. The first-order chi connectivity index (χ1) is 20.0. The highest BCUT2D eigenvalue weighted by Crippen LogP contribution is 2.39. The van der Waals surface area contributed by atoms with Gasteiger partial charge in [-0.3, -0.25) is 0 Å². The monoisotopic (exact) mass is 665 g/mol. The summed E-state index contributed by atoms with van der Waals surface area (Å²) < 4.78 is 20.1. The van der Waals surface area contributed by atoms with Gasteiger partial charge in [0.25, 0.3) is 0 Å². The SMILES string of the molecule is CCCCC/C=C\C[C@H](/C=C/C=C/C=C\[C@H](CCCCO[Si](C)(C)C(C)(C)C)O[Si](C)(C)C(C)(C)C)O[Si](C)(C)C(C)(C)C. The molecule has 258 valence electrons. The molecule has 0 saturated heterocycles. The van der Waals surface area contributed by atoms with Gasteiger partial charge in [-0.05, 0) is 92.9 Å². The second-order valence-corrected chi connectivity index (χ2v) is 31.6. The van der Waals surface area contributed by atoms with E-state index in [4.69, 9.17) is 13.3 Å². The molecule has 0 fully saturated rings. The van der Waals surface area contributed by atoms with Crippen LogP contribution in [0.2, 0.25) is 54.4 Å².